The number of aromatic nitrogens is 2. The lowest BCUT2D eigenvalue weighted by atomic mass is 10.0. The summed E-state index contributed by atoms with van der Waals surface area (Å²) in [5.41, 5.74) is 5.38. The average molecular weight is 469 g/mol. The minimum Gasteiger partial charge on any atom is -0.361 e. The van der Waals surface area contributed by atoms with E-state index in [1.165, 1.54) is 0 Å². The molecule has 0 radical (unpaired) electrons. The van der Waals surface area contributed by atoms with Gasteiger partial charge >= 0.3 is 6.03 Å². The molecule has 0 saturated carbocycles. The number of nitrogens with zero attached hydrogens (tertiary/aromatic N) is 2. The number of carbonyl (C=O) groups excluding carboxylic acids is 3. The predicted octanol–water partition coefficient (Wildman–Crippen LogP) is 4.54. The fraction of sp³-hybridized carbons (Fsp3) is 0.250. The minimum atomic E-state index is -0.694. The Balaban J connectivity index is 1.33. The number of hydrogen-bond acceptors (Lipinski definition) is 3. The number of carbonyl (C=O) groups is 3. The fourth-order valence-corrected chi connectivity index (χ4v) is 5.15. The van der Waals surface area contributed by atoms with Gasteiger partial charge in [0.15, 0.2) is 5.78 Å². The lowest BCUT2D eigenvalue weighted by Gasteiger charge is -2.19. The molecule has 0 unspecified atom stereocenters. The summed E-state index contributed by atoms with van der Waals surface area (Å²) in [5, 5.41) is 3.77. The molecule has 0 aliphatic carbocycles. The van der Waals surface area contributed by atoms with Crippen molar-refractivity contribution in [3.8, 4) is 0 Å². The first-order valence-corrected chi connectivity index (χ1v) is 11.8. The summed E-state index contributed by atoms with van der Waals surface area (Å²) in [6.45, 7) is 5.69. The zero-order valence-electron chi connectivity index (χ0n) is 20.0. The zero-order chi connectivity index (χ0) is 24.7. The topological polar surface area (TPSA) is 87.2 Å². The van der Waals surface area contributed by atoms with Gasteiger partial charge in [0.2, 0.25) is 0 Å². The average Bonchev–Trinajstić information content (AvgIpc) is 3.49. The Hall–Kier alpha value is -4.13. The molecule has 2 aromatic heterocycles. The van der Waals surface area contributed by atoms with Crippen molar-refractivity contribution in [2.75, 3.05) is 6.54 Å². The third-order valence-electron chi connectivity index (χ3n) is 6.96. The maximum atomic E-state index is 13.2. The van der Waals surface area contributed by atoms with Crippen LogP contribution in [0.4, 0.5) is 4.79 Å². The first-order valence-electron chi connectivity index (χ1n) is 11.8. The molecule has 4 aromatic rings. The number of rotatable bonds is 7. The first-order chi connectivity index (χ1) is 16.8. The molecule has 0 spiro atoms. The van der Waals surface area contributed by atoms with Crippen LogP contribution in [0.5, 0.6) is 0 Å². The summed E-state index contributed by atoms with van der Waals surface area (Å²) in [5.74, 6) is -0.624. The van der Waals surface area contributed by atoms with Crippen LogP contribution in [0.3, 0.4) is 0 Å². The van der Waals surface area contributed by atoms with E-state index in [1.54, 1.807) is 0 Å². The maximum absolute atomic E-state index is 13.2. The molecule has 1 aliphatic rings. The van der Waals surface area contributed by atoms with E-state index in [2.05, 4.69) is 33.9 Å². The number of H-pyrrole nitrogens is 1. The molecule has 2 N–H and O–H groups in total. The van der Waals surface area contributed by atoms with E-state index in [0.717, 1.165) is 38.3 Å². The van der Waals surface area contributed by atoms with E-state index >= 15 is 0 Å². The van der Waals surface area contributed by atoms with Gasteiger partial charge in [-0.05, 0) is 44.0 Å². The molecule has 7 heteroatoms. The summed E-state index contributed by atoms with van der Waals surface area (Å²) >= 11 is 0. The second-order valence-corrected chi connectivity index (χ2v) is 9.15. The van der Waals surface area contributed by atoms with E-state index in [4.69, 9.17) is 0 Å². The van der Waals surface area contributed by atoms with Crippen LogP contribution in [0.15, 0.2) is 66.9 Å². The Kier molecular flexibility index (Phi) is 5.76. The molecule has 2 aromatic carbocycles. The molecule has 1 saturated heterocycles. The number of benzene rings is 2. The van der Waals surface area contributed by atoms with Crippen molar-refractivity contribution in [1.82, 2.24) is 19.8 Å². The van der Waals surface area contributed by atoms with Gasteiger partial charge in [-0.3, -0.25) is 14.5 Å². The SMILES string of the molecule is Cc1cc(C(=O)CN2C(=O)N[C@H](Cc3c[nH]c4ccccc34)C2=O)c(C)n1[C@H](C)c1ccccc1. The summed E-state index contributed by atoms with van der Waals surface area (Å²) in [4.78, 5) is 43.2. The Labute approximate surface area is 203 Å². The van der Waals surface area contributed by atoms with Gasteiger partial charge in [-0.2, -0.15) is 0 Å². The number of aryl methyl sites for hydroxylation is 1. The van der Waals surface area contributed by atoms with E-state index in [0.29, 0.717) is 12.0 Å². The molecular weight excluding hydrogens is 440 g/mol. The second kappa shape index (κ2) is 8.91. The van der Waals surface area contributed by atoms with Crippen LogP contribution in [0.2, 0.25) is 0 Å². The smallest absolute Gasteiger partial charge is 0.325 e. The Morgan fingerprint density at radius 2 is 1.74 bits per heavy atom. The Bertz CT molecular complexity index is 1430. The summed E-state index contributed by atoms with van der Waals surface area (Å²) in [7, 11) is 0. The molecule has 5 rings (SSSR count). The van der Waals surface area contributed by atoms with Gasteiger partial charge in [0.1, 0.15) is 6.04 Å². The molecule has 178 valence electrons. The second-order valence-electron chi connectivity index (χ2n) is 9.15. The number of para-hydroxylation sites is 1. The summed E-state index contributed by atoms with van der Waals surface area (Å²) < 4.78 is 2.12. The summed E-state index contributed by atoms with van der Waals surface area (Å²) in [6.07, 6.45) is 2.23. The number of aromatic amines is 1. The lowest BCUT2D eigenvalue weighted by molar-refractivity contribution is -0.127. The maximum Gasteiger partial charge on any atom is 0.325 e. The van der Waals surface area contributed by atoms with Gasteiger partial charge in [0.25, 0.3) is 5.91 Å². The molecule has 2 atom stereocenters. The number of amides is 3. The summed E-state index contributed by atoms with van der Waals surface area (Å²) in [6, 6.07) is 18.6. The Morgan fingerprint density at radius 1 is 1.03 bits per heavy atom. The lowest BCUT2D eigenvalue weighted by Crippen LogP contribution is -2.36. The van der Waals surface area contributed by atoms with Crippen molar-refractivity contribution in [2.45, 2.75) is 39.3 Å². The highest BCUT2D eigenvalue weighted by atomic mass is 16.2. The standard InChI is InChI=1S/C28H28N4O3/c1-17-13-23(19(3)32(17)18(2)20-9-5-4-6-10-20)26(33)16-31-27(34)25(30-28(31)35)14-21-15-29-24-12-8-7-11-22(21)24/h4-13,15,18,25,29H,14,16H2,1-3H3,(H,30,35)/t18-,25-/m1/s1. The van der Waals surface area contributed by atoms with Crippen molar-refractivity contribution < 1.29 is 14.4 Å². The van der Waals surface area contributed by atoms with Gasteiger partial charge in [-0.1, -0.05) is 48.5 Å². The predicted molar refractivity (Wildman–Crippen MR) is 135 cm³/mol. The van der Waals surface area contributed by atoms with Gasteiger partial charge < -0.3 is 14.9 Å². The fourth-order valence-electron chi connectivity index (χ4n) is 5.15. The van der Waals surface area contributed by atoms with Gasteiger partial charge in [-0.15, -0.1) is 0 Å². The number of fused-ring (bicyclic) bond motifs is 1. The highest BCUT2D eigenvalue weighted by Gasteiger charge is 2.39. The van der Waals surface area contributed by atoms with Crippen LogP contribution in [0.1, 0.15) is 45.8 Å². The number of Topliss-reactive ketones (excluding diaryl/α,β-unsaturated/α-hetero) is 1. The zero-order valence-corrected chi connectivity index (χ0v) is 20.0. The molecule has 0 bridgehead atoms. The highest BCUT2D eigenvalue weighted by molar-refractivity contribution is 6.09. The van der Waals surface area contributed by atoms with E-state index in [-0.39, 0.29) is 24.3 Å². The van der Waals surface area contributed by atoms with Crippen LogP contribution in [0.25, 0.3) is 10.9 Å². The largest absolute Gasteiger partial charge is 0.361 e. The van der Waals surface area contributed by atoms with Crippen LogP contribution in [0, 0.1) is 13.8 Å². The van der Waals surface area contributed by atoms with Gasteiger partial charge in [-0.25, -0.2) is 4.79 Å². The van der Waals surface area contributed by atoms with Crippen molar-refractivity contribution in [3.05, 3.63) is 94.9 Å². The van der Waals surface area contributed by atoms with Crippen molar-refractivity contribution >= 4 is 28.6 Å². The van der Waals surface area contributed by atoms with Gasteiger partial charge in [0, 0.05) is 40.5 Å². The van der Waals surface area contributed by atoms with Crippen molar-refractivity contribution in [3.63, 3.8) is 0 Å². The van der Waals surface area contributed by atoms with Crippen molar-refractivity contribution in [2.24, 2.45) is 0 Å². The molecular formula is C28H28N4O3. The monoisotopic (exact) mass is 468 g/mol. The van der Waals surface area contributed by atoms with Crippen LogP contribution >= 0.6 is 0 Å². The number of urea groups is 1. The van der Waals surface area contributed by atoms with Crippen LogP contribution < -0.4 is 5.32 Å². The van der Waals surface area contributed by atoms with E-state index in [1.807, 2.05) is 68.6 Å². The molecule has 3 heterocycles. The quantitative estimate of drug-likeness (QED) is 0.308. The molecule has 3 amide bonds. The third-order valence-corrected chi connectivity index (χ3v) is 6.96. The molecule has 7 nitrogen and oxygen atoms in total. The van der Waals surface area contributed by atoms with E-state index in [9.17, 15) is 14.4 Å². The number of hydrogen-bond donors (Lipinski definition) is 2. The van der Waals surface area contributed by atoms with E-state index < -0.39 is 12.1 Å². The normalized spacial score (nSPS) is 16.7. The number of ketones is 1. The molecule has 1 fully saturated rings. The third kappa shape index (κ3) is 4.03. The minimum absolute atomic E-state index is 0.0509. The van der Waals surface area contributed by atoms with Crippen molar-refractivity contribution in [1.29, 1.82) is 0 Å². The first kappa shape index (κ1) is 22.7. The molecule has 35 heavy (non-hydrogen) atoms. The highest BCUT2D eigenvalue weighted by Crippen LogP contribution is 2.26. The number of imide groups is 1. The van der Waals surface area contributed by atoms with Gasteiger partial charge in [0.05, 0.1) is 12.6 Å². The van der Waals surface area contributed by atoms with Crippen LogP contribution in [-0.2, 0) is 11.2 Å². The number of nitrogens with one attached hydrogen (secondary N) is 2. The Morgan fingerprint density at radius 3 is 2.51 bits per heavy atom. The molecule has 1 aliphatic heterocycles. The van der Waals surface area contributed by atoms with Crippen LogP contribution in [-0.4, -0.2) is 44.8 Å².